The molecule has 3 aromatic rings. The summed E-state index contributed by atoms with van der Waals surface area (Å²) in [6, 6.07) is 5.96. The fraction of sp³-hybridized carbons (Fsp3) is 0.286. The van der Waals surface area contributed by atoms with Crippen molar-refractivity contribution < 1.29 is 9.90 Å². The number of aromatic nitrogens is 3. The molecule has 0 aliphatic carbocycles. The lowest BCUT2D eigenvalue weighted by Gasteiger charge is -2.19. The number of para-hydroxylation sites is 1. The molecule has 0 bridgehead atoms. The van der Waals surface area contributed by atoms with Crippen LogP contribution >= 0.6 is 15.9 Å². The van der Waals surface area contributed by atoms with Crippen LogP contribution in [0.15, 0.2) is 22.8 Å². The largest absolute Gasteiger partial charge is 0.476 e. The van der Waals surface area contributed by atoms with E-state index < -0.39 is 5.97 Å². The van der Waals surface area contributed by atoms with Gasteiger partial charge in [0.15, 0.2) is 5.69 Å². The molecule has 2 aromatic heterocycles. The summed E-state index contributed by atoms with van der Waals surface area (Å²) in [6.07, 6.45) is 0. The predicted molar refractivity (Wildman–Crippen MR) is 80.4 cm³/mol. The van der Waals surface area contributed by atoms with E-state index in [2.05, 4.69) is 52.7 Å². The fourth-order valence-corrected chi connectivity index (χ4v) is 3.03. The molecule has 104 valence electrons. The van der Waals surface area contributed by atoms with Crippen molar-refractivity contribution in [2.75, 3.05) is 0 Å². The molecule has 0 atom stereocenters. The summed E-state index contributed by atoms with van der Waals surface area (Å²) in [4.78, 5) is 18.5. The maximum absolute atomic E-state index is 11.1. The Labute approximate surface area is 123 Å². The van der Waals surface area contributed by atoms with Crippen molar-refractivity contribution >= 4 is 38.7 Å². The van der Waals surface area contributed by atoms with Crippen LogP contribution in [-0.4, -0.2) is 25.4 Å². The van der Waals surface area contributed by atoms with Gasteiger partial charge in [0.2, 0.25) is 5.78 Å². The third kappa shape index (κ3) is 1.75. The first-order valence-electron chi connectivity index (χ1n) is 6.23. The number of hydrogen-bond acceptors (Lipinski definition) is 2. The molecule has 2 heterocycles. The lowest BCUT2D eigenvalue weighted by Crippen LogP contribution is -2.11. The minimum atomic E-state index is -1.01. The average Bonchev–Trinajstić information content (AvgIpc) is 2.84. The topological polar surface area (TPSA) is 70.4 Å². The van der Waals surface area contributed by atoms with E-state index in [1.807, 2.05) is 12.1 Å². The second kappa shape index (κ2) is 4.09. The Morgan fingerprint density at radius 2 is 2.10 bits per heavy atom. The number of fused-ring (bicyclic) bond motifs is 3. The van der Waals surface area contributed by atoms with Gasteiger partial charge in [0, 0.05) is 0 Å². The van der Waals surface area contributed by atoms with Gasteiger partial charge in [-0.1, -0.05) is 32.9 Å². The van der Waals surface area contributed by atoms with Gasteiger partial charge in [-0.05, 0) is 33.0 Å². The molecule has 0 amide bonds. The normalized spacial score (nSPS) is 12.4. The number of imidazole rings is 2. The highest BCUT2D eigenvalue weighted by molar-refractivity contribution is 9.10. The number of rotatable bonds is 1. The molecule has 1 aromatic carbocycles. The molecule has 3 rings (SSSR count). The molecular formula is C14H14BrN3O2. The lowest BCUT2D eigenvalue weighted by atomic mass is 9.86. The van der Waals surface area contributed by atoms with Crippen molar-refractivity contribution in [3.8, 4) is 0 Å². The number of nitrogens with zero attached hydrogens (tertiary/aromatic N) is 2. The second-order valence-electron chi connectivity index (χ2n) is 5.79. The highest BCUT2D eigenvalue weighted by Crippen LogP contribution is 2.32. The van der Waals surface area contributed by atoms with Crippen LogP contribution in [0, 0.1) is 0 Å². The molecule has 0 aliphatic heterocycles. The number of aromatic carboxylic acids is 1. The van der Waals surface area contributed by atoms with E-state index in [9.17, 15) is 4.79 Å². The van der Waals surface area contributed by atoms with Gasteiger partial charge in [-0.25, -0.2) is 9.78 Å². The number of halogens is 1. The Morgan fingerprint density at radius 3 is 2.70 bits per heavy atom. The van der Waals surface area contributed by atoms with E-state index in [0.29, 0.717) is 10.4 Å². The Kier molecular flexibility index (Phi) is 2.69. The molecule has 20 heavy (non-hydrogen) atoms. The Bertz CT molecular complexity index is 839. The van der Waals surface area contributed by atoms with Crippen LogP contribution in [0.4, 0.5) is 0 Å². The molecule has 0 saturated heterocycles. The van der Waals surface area contributed by atoms with Gasteiger partial charge in [-0.15, -0.1) is 0 Å². The zero-order valence-corrected chi connectivity index (χ0v) is 12.9. The van der Waals surface area contributed by atoms with Crippen LogP contribution in [0.1, 0.15) is 36.8 Å². The van der Waals surface area contributed by atoms with Crippen LogP contribution in [0.25, 0.3) is 16.8 Å². The fourth-order valence-electron chi connectivity index (χ4n) is 2.40. The van der Waals surface area contributed by atoms with Gasteiger partial charge >= 0.3 is 5.97 Å². The predicted octanol–water partition coefficient (Wildman–Crippen LogP) is 3.57. The minimum absolute atomic E-state index is 0.0268. The maximum atomic E-state index is 11.1. The number of carboxylic acid groups (broad SMARTS) is 1. The SMILES string of the molecule is CC(C)(C)c1cccc2c1nc1[nH]c(C(=O)O)c(Br)n12. The van der Waals surface area contributed by atoms with Crippen LogP contribution in [-0.2, 0) is 5.41 Å². The molecule has 0 spiro atoms. The number of nitrogens with one attached hydrogen (secondary N) is 1. The van der Waals surface area contributed by atoms with Crippen molar-refractivity contribution in [2.24, 2.45) is 0 Å². The first-order valence-corrected chi connectivity index (χ1v) is 7.02. The number of H-pyrrole nitrogens is 1. The van der Waals surface area contributed by atoms with E-state index in [1.54, 1.807) is 4.40 Å². The number of carbonyl (C=O) groups is 1. The maximum Gasteiger partial charge on any atom is 0.355 e. The van der Waals surface area contributed by atoms with E-state index in [4.69, 9.17) is 5.11 Å². The number of carboxylic acids is 1. The third-order valence-electron chi connectivity index (χ3n) is 3.35. The lowest BCUT2D eigenvalue weighted by molar-refractivity contribution is 0.0690. The summed E-state index contributed by atoms with van der Waals surface area (Å²) >= 11 is 3.34. The molecule has 2 N–H and O–H groups in total. The summed E-state index contributed by atoms with van der Waals surface area (Å²) in [6.45, 7) is 6.40. The van der Waals surface area contributed by atoms with Crippen molar-refractivity contribution in [3.05, 3.63) is 34.1 Å². The smallest absolute Gasteiger partial charge is 0.355 e. The van der Waals surface area contributed by atoms with Crippen LogP contribution in [0.2, 0.25) is 0 Å². The van der Waals surface area contributed by atoms with Gasteiger partial charge in [-0.2, -0.15) is 0 Å². The number of hydrogen-bond donors (Lipinski definition) is 2. The van der Waals surface area contributed by atoms with Gasteiger partial charge in [-0.3, -0.25) is 4.40 Å². The minimum Gasteiger partial charge on any atom is -0.476 e. The summed E-state index contributed by atoms with van der Waals surface area (Å²) in [7, 11) is 0. The first-order chi connectivity index (χ1) is 9.30. The highest BCUT2D eigenvalue weighted by Gasteiger charge is 2.23. The molecule has 0 fully saturated rings. The van der Waals surface area contributed by atoms with E-state index >= 15 is 0 Å². The van der Waals surface area contributed by atoms with Crippen molar-refractivity contribution in [1.29, 1.82) is 0 Å². The molecule has 5 nitrogen and oxygen atoms in total. The van der Waals surface area contributed by atoms with Crippen molar-refractivity contribution in [1.82, 2.24) is 14.4 Å². The van der Waals surface area contributed by atoms with Gasteiger partial charge in [0.25, 0.3) is 0 Å². The van der Waals surface area contributed by atoms with Crippen LogP contribution in [0.3, 0.4) is 0 Å². The van der Waals surface area contributed by atoms with Crippen molar-refractivity contribution in [2.45, 2.75) is 26.2 Å². The Morgan fingerprint density at radius 1 is 1.40 bits per heavy atom. The summed E-state index contributed by atoms with van der Waals surface area (Å²) in [5.41, 5.74) is 3.00. The molecule has 0 radical (unpaired) electrons. The monoisotopic (exact) mass is 335 g/mol. The third-order valence-corrected chi connectivity index (χ3v) is 4.10. The summed E-state index contributed by atoms with van der Waals surface area (Å²) in [5.74, 6) is -0.483. The average molecular weight is 336 g/mol. The van der Waals surface area contributed by atoms with E-state index in [1.165, 1.54) is 0 Å². The standard InChI is InChI=1S/C14H14BrN3O2/c1-14(2,3)7-5-4-6-8-9(7)16-13-17-10(12(19)20)11(15)18(8)13/h4-6H,1-3H3,(H,16,17)(H,19,20). The van der Waals surface area contributed by atoms with Gasteiger partial charge in [0.1, 0.15) is 4.60 Å². The molecule has 0 saturated carbocycles. The first kappa shape index (κ1) is 13.2. The van der Waals surface area contributed by atoms with Gasteiger partial charge < -0.3 is 10.1 Å². The van der Waals surface area contributed by atoms with Crippen LogP contribution in [0.5, 0.6) is 0 Å². The molecule has 0 aliphatic rings. The Balaban J connectivity index is 2.43. The van der Waals surface area contributed by atoms with Crippen molar-refractivity contribution in [3.63, 3.8) is 0 Å². The Hall–Kier alpha value is -1.82. The molecular weight excluding hydrogens is 322 g/mol. The second-order valence-corrected chi connectivity index (χ2v) is 6.54. The number of aromatic amines is 1. The zero-order valence-electron chi connectivity index (χ0n) is 11.4. The summed E-state index contributed by atoms with van der Waals surface area (Å²) in [5, 5.41) is 9.14. The highest BCUT2D eigenvalue weighted by atomic mass is 79.9. The summed E-state index contributed by atoms with van der Waals surface area (Å²) < 4.78 is 2.27. The number of benzene rings is 1. The van der Waals surface area contributed by atoms with Crippen LogP contribution < -0.4 is 0 Å². The van der Waals surface area contributed by atoms with E-state index in [0.717, 1.165) is 16.6 Å². The van der Waals surface area contributed by atoms with E-state index in [-0.39, 0.29) is 11.1 Å². The molecule has 0 unspecified atom stereocenters. The molecule has 6 heteroatoms. The van der Waals surface area contributed by atoms with Gasteiger partial charge in [0.05, 0.1) is 11.0 Å². The quantitative estimate of drug-likeness (QED) is 0.714. The zero-order chi connectivity index (χ0) is 14.7.